The van der Waals surface area contributed by atoms with Crippen LogP contribution in [0.3, 0.4) is 0 Å². The second-order valence-corrected chi connectivity index (χ2v) is 8.75. The Morgan fingerprint density at radius 2 is 2.07 bits per heavy atom. The van der Waals surface area contributed by atoms with E-state index in [1.165, 1.54) is 4.90 Å². The van der Waals surface area contributed by atoms with Crippen molar-refractivity contribution in [3.63, 3.8) is 0 Å². The number of rotatable bonds is 9. The quantitative estimate of drug-likeness (QED) is 0.605. The van der Waals surface area contributed by atoms with Gasteiger partial charge in [-0.3, -0.25) is 19.3 Å². The minimum Gasteiger partial charge on any atom is -0.474 e. The van der Waals surface area contributed by atoms with Gasteiger partial charge in [-0.15, -0.1) is 0 Å². The molecule has 0 aliphatic heterocycles. The lowest BCUT2D eigenvalue weighted by molar-refractivity contribution is -0.156. The van der Waals surface area contributed by atoms with Crippen molar-refractivity contribution in [3.05, 3.63) is 23.9 Å². The van der Waals surface area contributed by atoms with Crippen LogP contribution in [0, 0.1) is 11.3 Å². The molecule has 3 amide bonds. The maximum absolute atomic E-state index is 12.8. The summed E-state index contributed by atoms with van der Waals surface area (Å²) in [6.45, 7) is 4.11. The van der Waals surface area contributed by atoms with Crippen molar-refractivity contribution in [1.29, 1.82) is 0 Å². The molecule has 1 atom stereocenters. The van der Waals surface area contributed by atoms with E-state index < -0.39 is 5.91 Å². The molecule has 1 heterocycles. The number of amides is 3. The highest BCUT2D eigenvalue weighted by atomic mass is 16.5. The maximum Gasteiger partial charge on any atom is 0.254 e. The monoisotopic (exact) mass is 402 g/mol. The first-order chi connectivity index (χ1) is 13.8. The molecule has 8 nitrogen and oxygen atoms in total. The SMILES string of the molecule is CNC(CC(C)C)C(=O)N(C=O)[C@H]1CC2(C[C@H](Oc3ncccc3C(N)=O)C2)C1. The lowest BCUT2D eigenvalue weighted by Crippen LogP contribution is -2.61. The van der Waals surface area contributed by atoms with Gasteiger partial charge in [-0.05, 0) is 62.6 Å². The number of likely N-dealkylation sites (N-methyl/N-ethyl adjacent to an activating group) is 1. The fourth-order valence-electron chi connectivity index (χ4n) is 4.60. The molecule has 0 bridgehead atoms. The molecule has 3 N–H and O–H groups in total. The Kier molecular flexibility index (Phi) is 6.21. The van der Waals surface area contributed by atoms with Gasteiger partial charge in [0.15, 0.2) is 0 Å². The second-order valence-electron chi connectivity index (χ2n) is 8.75. The van der Waals surface area contributed by atoms with Gasteiger partial charge in [-0.1, -0.05) is 13.8 Å². The van der Waals surface area contributed by atoms with Crippen LogP contribution in [0.4, 0.5) is 0 Å². The Bertz CT molecular complexity index is 768. The molecule has 1 unspecified atom stereocenters. The van der Waals surface area contributed by atoms with Gasteiger partial charge in [-0.2, -0.15) is 0 Å². The predicted octanol–water partition coefficient (Wildman–Crippen LogP) is 1.49. The summed E-state index contributed by atoms with van der Waals surface area (Å²) in [5.41, 5.74) is 5.75. The Hall–Kier alpha value is -2.48. The van der Waals surface area contributed by atoms with Gasteiger partial charge in [0.1, 0.15) is 11.7 Å². The van der Waals surface area contributed by atoms with Crippen molar-refractivity contribution in [1.82, 2.24) is 15.2 Å². The maximum atomic E-state index is 12.8. The molecule has 2 fully saturated rings. The van der Waals surface area contributed by atoms with E-state index in [0.29, 0.717) is 18.7 Å². The van der Waals surface area contributed by atoms with Crippen molar-refractivity contribution in [2.75, 3.05) is 7.05 Å². The average Bonchev–Trinajstić information content (AvgIpc) is 2.62. The number of imide groups is 1. The van der Waals surface area contributed by atoms with Gasteiger partial charge in [-0.25, -0.2) is 4.98 Å². The van der Waals surface area contributed by atoms with Crippen molar-refractivity contribution in [3.8, 4) is 5.88 Å². The summed E-state index contributed by atoms with van der Waals surface area (Å²) in [5, 5.41) is 3.03. The van der Waals surface area contributed by atoms with Crippen molar-refractivity contribution < 1.29 is 19.1 Å². The number of nitrogens with two attached hydrogens (primary N) is 1. The Labute approximate surface area is 171 Å². The second kappa shape index (κ2) is 8.49. The molecule has 0 saturated heterocycles. The summed E-state index contributed by atoms with van der Waals surface area (Å²) >= 11 is 0. The highest BCUT2D eigenvalue weighted by Crippen LogP contribution is 2.58. The smallest absolute Gasteiger partial charge is 0.254 e. The van der Waals surface area contributed by atoms with Crippen LogP contribution in [0.25, 0.3) is 0 Å². The van der Waals surface area contributed by atoms with Gasteiger partial charge < -0.3 is 15.8 Å². The molecule has 1 aromatic rings. The Balaban J connectivity index is 1.53. The van der Waals surface area contributed by atoms with E-state index in [0.717, 1.165) is 25.7 Å². The largest absolute Gasteiger partial charge is 0.474 e. The third-order valence-electron chi connectivity index (χ3n) is 6.09. The lowest BCUT2D eigenvalue weighted by Gasteiger charge is -2.58. The van der Waals surface area contributed by atoms with E-state index >= 15 is 0 Å². The molecule has 2 saturated carbocycles. The van der Waals surface area contributed by atoms with E-state index in [1.807, 2.05) is 0 Å². The van der Waals surface area contributed by atoms with E-state index in [4.69, 9.17) is 10.5 Å². The first-order valence-corrected chi connectivity index (χ1v) is 10.1. The van der Waals surface area contributed by atoms with Gasteiger partial charge in [0.25, 0.3) is 5.91 Å². The topological polar surface area (TPSA) is 115 Å². The first-order valence-electron chi connectivity index (χ1n) is 10.1. The first kappa shape index (κ1) is 21.2. The summed E-state index contributed by atoms with van der Waals surface area (Å²) in [5.74, 6) is -0.0840. The fraction of sp³-hybridized carbons (Fsp3) is 0.619. The normalized spacial score (nSPS) is 26.3. The van der Waals surface area contributed by atoms with Crippen molar-refractivity contribution >= 4 is 18.2 Å². The zero-order valence-electron chi connectivity index (χ0n) is 17.3. The molecular formula is C21H30N4O4. The van der Waals surface area contributed by atoms with Crippen LogP contribution in [-0.2, 0) is 9.59 Å². The van der Waals surface area contributed by atoms with Crippen molar-refractivity contribution in [2.24, 2.45) is 17.1 Å². The molecule has 2 aliphatic rings. The predicted molar refractivity (Wildman–Crippen MR) is 107 cm³/mol. The van der Waals surface area contributed by atoms with Crippen LogP contribution in [0.5, 0.6) is 5.88 Å². The molecule has 2 aliphatic carbocycles. The van der Waals surface area contributed by atoms with Crippen LogP contribution in [0.15, 0.2) is 18.3 Å². The molecule has 158 valence electrons. The Morgan fingerprint density at radius 3 is 2.62 bits per heavy atom. The van der Waals surface area contributed by atoms with E-state index in [-0.39, 0.29) is 41.0 Å². The zero-order chi connectivity index (χ0) is 21.2. The fourth-order valence-corrected chi connectivity index (χ4v) is 4.60. The number of nitrogens with zero attached hydrogens (tertiary/aromatic N) is 2. The number of pyridine rings is 1. The molecular weight excluding hydrogens is 372 g/mol. The highest BCUT2D eigenvalue weighted by Gasteiger charge is 2.56. The van der Waals surface area contributed by atoms with Crippen LogP contribution in [-0.4, -0.2) is 53.3 Å². The van der Waals surface area contributed by atoms with E-state index in [2.05, 4.69) is 24.1 Å². The summed E-state index contributed by atoms with van der Waals surface area (Å²) in [4.78, 5) is 41.3. The van der Waals surface area contributed by atoms with E-state index in [9.17, 15) is 14.4 Å². The Morgan fingerprint density at radius 1 is 1.38 bits per heavy atom. The van der Waals surface area contributed by atoms with E-state index in [1.54, 1.807) is 25.4 Å². The molecule has 29 heavy (non-hydrogen) atoms. The van der Waals surface area contributed by atoms with Gasteiger partial charge in [0.2, 0.25) is 18.2 Å². The van der Waals surface area contributed by atoms with Crippen LogP contribution >= 0.6 is 0 Å². The summed E-state index contributed by atoms with van der Waals surface area (Å²) < 4.78 is 5.87. The molecule has 1 aromatic heterocycles. The molecule has 3 rings (SSSR count). The molecule has 8 heteroatoms. The molecule has 0 radical (unpaired) electrons. The number of aromatic nitrogens is 1. The summed E-state index contributed by atoms with van der Waals surface area (Å²) in [6, 6.07) is 2.85. The van der Waals surface area contributed by atoms with Crippen LogP contribution < -0.4 is 15.8 Å². The number of carbonyl (C=O) groups excluding carboxylic acids is 3. The number of carbonyl (C=O) groups is 3. The zero-order valence-corrected chi connectivity index (χ0v) is 17.3. The number of ether oxygens (including phenoxy) is 1. The standard InChI is InChI=1S/C21H30N4O4/c1-13(2)7-17(23-3)20(28)25(12-26)14-8-21(9-14)10-15(11-21)29-19-16(18(22)27)5-4-6-24-19/h4-6,12-15,17,23H,7-11H2,1-3H3,(H2,22,27)/t14-,15-,17?,21?. The lowest BCUT2D eigenvalue weighted by atomic mass is 9.52. The van der Waals surface area contributed by atoms with Gasteiger partial charge in [0, 0.05) is 12.2 Å². The summed E-state index contributed by atoms with van der Waals surface area (Å²) in [7, 11) is 1.75. The third-order valence-corrected chi connectivity index (χ3v) is 6.09. The number of primary amides is 1. The van der Waals surface area contributed by atoms with Gasteiger partial charge in [0.05, 0.1) is 6.04 Å². The number of hydrogen-bond donors (Lipinski definition) is 2. The third kappa shape index (κ3) is 4.42. The van der Waals surface area contributed by atoms with Gasteiger partial charge >= 0.3 is 0 Å². The number of hydrogen-bond acceptors (Lipinski definition) is 6. The molecule has 1 spiro atoms. The average molecular weight is 402 g/mol. The minimum absolute atomic E-state index is 0.0321. The van der Waals surface area contributed by atoms with Crippen LogP contribution in [0.2, 0.25) is 0 Å². The van der Waals surface area contributed by atoms with Crippen LogP contribution in [0.1, 0.15) is 56.3 Å². The minimum atomic E-state index is -0.563. The number of nitrogens with one attached hydrogen (secondary N) is 1. The highest BCUT2D eigenvalue weighted by molar-refractivity contribution is 5.95. The molecule has 0 aromatic carbocycles. The van der Waals surface area contributed by atoms with Crippen molar-refractivity contribution in [2.45, 2.75) is 64.1 Å². The summed E-state index contributed by atoms with van der Waals surface area (Å²) in [6.07, 6.45) is 6.12.